The summed E-state index contributed by atoms with van der Waals surface area (Å²) in [5.74, 6) is 0.786. The molecule has 0 saturated carbocycles. The van der Waals surface area contributed by atoms with Gasteiger partial charge < -0.3 is 0 Å². The topological polar surface area (TPSA) is 52.2 Å². The second kappa shape index (κ2) is 2.42. The molecule has 68 valence electrons. The normalized spacial score (nSPS) is 11.0. The van der Waals surface area contributed by atoms with E-state index in [-0.39, 0.29) is 0 Å². The Morgan fingerprint density at radius 3 is 2.62 bits per heavy atom. The van der Waals surface area contributed by atoms with Crippen molar-refractivity contribution in [3.8, 4) is 0 Å². The fraction of sp³-hybridized carbons (Fsp3) is 0.375. The van der Waals surface area contributed by atoms with Gasteiger partial charge in [0.25, 0.3) is 0 Å². The van der Waals surface area contributed by atoms with Crippen LogP contribution in [0.1, 0.15) is 21.9 Å². The SMILES string of the molecule is Cc1nn2c(C)nn(C)c2c1C=O. The van der Waals surface area contributed by atoms with E-state index < -0.39 is 0 Å². The van der Waals surface area contributed by atoms with Gasteiger partial charge in [0.1, 0.15) is 5.82 Å². The number of aromatic nitrogens is 4. The molecule has 0 saturated heterocycles. The van der Waals surface area contributed by atoms with Gasteiger partial charge in [-0.05, 0) is 13.8 Å². The number of hydrogen-bond donors (Lipinski definition) is 0. The zero-order valence-electron chi connectivity index (χ0n) is 7.77. The summed E-state index contributed by atoms with van der Waals surface area (Å²) in [6, 6.07) is 0. The second-order valence-electron chi connectivity index (χ2n) is 3.02. The molecule has 0 atom stereocenters. The summed E-state index contributed by atoms with van der Waals surface area (Å²) in [4.78, 5) is 10.8. The van der Waals surface area contributed by atoms with E-state index in [1.54, 1.807) is 16.2 Å². The van der Waals surface area contributed by atoms with Gasteiger partial charge in [-0.1, -0.05) is 0 Å². The molecule has 2 aromatic rings. The summed E-state index contributed by atoms with van der Waals surface area (Å²) in [6.07, 6.45) is 0.818. The van der Waals surface area contributed by atoms with Crippen LogP contribution >= 0.6 is 0 Å². The maximum absolute atomic E-state index is 10.8. The molecule has 0 aliphatic heterocycles. The molecule has 0 unspecified atom stereocenters. The Kier molecular flexibility index (Phi) is 1.48. The van der Waals surface area contributed by atoms with Gasteiger partial charge in [-0.25, -0.2) is 4.68 Å². The first-order valence-electron chi connectivity index (χ1n) is 3.99. The van der Waals surface area contributed by atoms with Crippen LogP contribution < -0.4 is 0 Å². The van der Waals surface area contributed by atoms with Crippen molar-refractivity contribution in [1.82, 2.24) is 19.4 Å². The number of hydrogen-bond acceptors (Lipinski definition) is 3. The van der Waals surface area contributed by atoms with Gasteiger partial charge in [0.15, 0.2) is 11.9 Å². The lowest BCUT2D eigenvalue weighted by Crippen LogP contribution is -1.93. The summed E-state index contributed by atoms with van der Waals surface area (Å²) >= 11 is 0. The minimum atomic E-state index is 0.614. The number of aldehydes is 1. The lowest BCUT2D eigenvalue weighted by atomic mass is 10.3. The third-order valence-corrected chi connectivity index (χ3v) is 2.11. The Bertz CT molecular complexity index is 480. The average molecular weight is 178 g/mol. The van der Waals surface area contributed by atoms with Crippen molar-refractivity contribution < 1.29 is 4.79 Å². The third-order valence-electron chi connectivity index (χ3n) is 2.11. The maximum atomic E-state index is 10.8. The van der Waals surface area contributed by atoms with Crippen LogP contribution in [0.3, 0.4) is 0 Å². The highest BCUT2D eigenvalue weighted by Gasteiger charge is 2.14. The molecule has 0 amide bonds. The van der Waals surface area contributed by atoms with Gasteiger partial charge in [-0.15, -0.1) is 0 Å². The molecule has 0 radical (unpaired) electrons. The molecular weight excluding hydrogens is 168 g/mol. The van der Waals surface area contributed by atoms with Crippen LogP contribution in [0.5, 0.6) is 0 Å². The molecular formula is C8H10N4O. The predicted molar refractivity (Wildman–Crippen MR) is 46.8 cm³/mol. The monoisotopic (exact) mass is 178 g/mol. The third kappa shape index (κ3) is 0.898. The highest BCUT2D eigenvalue weighted by molar-refractivity contribution is 5.85. The molecule has 0 aliphatic rings. The minimum absolute atomic E-state index is 0.614. The minimum Gasteiger partial charge on any atom is -0.298 e. The highest BCUT2D eigenvalue weighted by Crippen LogP contribution is 2.13. The molecule has 0 bridgehead atoms. The molecule has 2 rings (SSSR count). The van der Waals surface area contributed by atoms with Crippen LogP contribution in [0.15, 0.2) is 0 Å². The maximum Gasteiger partial charge on any atom is 0.164 e. The Labute approximate surface area is 75.0 Å². The van der Waals surface area contributed by atoms with Crippen LogP contribution in [-0.2, 0) is 7.05 Å². The quantitative estimate of drug-likeness (QED) is 0.597. The summed E-state index contributed by atoms with van der Waals surface area (Å²) < 4.78 is 3.35. The zero-order chi connectivity index (χ0) is 9.59. The average Bonchev–Trinajstić information content (AvgIpc) is 2.52. The zero-order valence-corrected chi connectivity index (χ0v) is 7.77. The highest BCUT2D eigenvalue weighted by atomic mass is 16.1. The fourth-order valence-corrected chi connectivity index (χ4v) is 1.51. The van der Waals surface area contributed by atoms with Gasteiger partial charge in [-0.3, -0.25) is 4.79 Å². The summed E-state index contributed by atoms with van der Waals surface area (Å²) in [6.45, 7) is 3.67. The van der Waals surface area contributed by atoms with E-state index in [1.165, 1.54) is 0 Å². The smallest absolute Gasteiger partial charge is 0.164 e. The van der Waals surface area contributed by atoms with E-state index in [4.69, 9.17) is 0 Å². The molecule has 5 nitrogen and oxygen atoms in total. The standard InChI is InChI=1S/C8H10N4O/c1-5-7(4-13)8-11(3)10-6(2)12(8)9-5/h4H,1-3H3. The van der Waals surface area contributed by atoms with Gasteiger partial charge >= 0.3 is 0 Å². The number of fused-ring (bicyclic) bond motifs is 1. The predicted octanol–water partition coefficient (Wildman–Crippen LogP) is 0.497. The molecule has 2 aromatic heterocycles. The molecule has 13 heavy (non-hydrogen) atoms. The van der Waals surface area contributed by atoms with Crippen molar-refractivity contribution in [2.45, 2.75) is 13.8 Å². The van der Waals surface area contributed by atoms with Crippen LogP contribution in [0, 0.1) is 13.8 Å². The van der Waals surface area contributed by atoms with Crippen molar-refractivity contribution in [1.29, 1.82) is 0 Å². The van der Waals surface area contributed by atoms with Crippen molar-refractivity contribution in [2.75, 3.05) is 0 Å². The molecule has 0 fully saturated rings. The van der Waals surface area contributed by atoms with Gasteiger partial charge in [0, 0.05) is 7.05 Å². The van der Waals surface area contributed by atoms with Crippen molar-refractivity contribution in [3.05, 3.63) is 17.1 Å². The Balaban J connectivity index is 2.96. The Morgan fingerprint density at radius 1 is 1.31 bits per heavy atom. The largest absolute Gasteiger partial charge is 0.298 e. The Morgan fingerprint density at radius 2 is 2.00 bits per heavy atom. The van der Waals surface area contributed by atoms with Crippen molar-refractivity contribution >= 4 is 11.9 Å². The summed E-state index contributed by atoms with van der Waals surface area (Å²) in [5, 5.41) is 8.36. The van der Waals surface area contributed by atoms with Crippen LogP contribution in [0.4, 0.5) is 0 Å². The number of carbonyl (C=O) groups is 1. The second-order valence-corrected chi connectivity index (χ2v) is 3.02. The molecule has 5 heteroatoms. The van der Waals surface area contributed by atoms with E-state index >= 15 is 0 Å². The van der Waals surface area contributed by atoms with Gasteiger partial charge in [0.2, 0.25) is 0 Å². The number of aryl methyl sites for hydroxylation is 3. The summed E-state index contributed by atoms with van der Waals surface area (Å²) in [7, 11) is 1.80. The van der Waals surface area contributed by atoms with Crippen LogP contribution in [-0.4, -0.2) is 25.7 Å². The Hall–Kier alpha value is -1.65. The number of nitrogens with zero attached hydrogens (tertiary/aromatic N) is 4. The van der Waals surface area contributed by atoms with E-state index in [1.807, 2.05) is 13.8 Å². The molecule has 0 spiro atoms. The molecule has 2 heterocycles. The molecule has 0 aromatic carbocycles. The lowest BCUT2D eigenvalue weighted by molar-refractivity contribution is 0.112. The number of rotatable bonds is 1. The van der Waals surface area contributed by atoms with E-state index in [2.05, 4.69) is 10.2 Å². The first-order valence-corrected chi connectivity index (χ1v) is 3.99. The van der Waals surface area contributed by atoms with E-state index in [0.29, 0.717) is 5.56 Å². The lowest BCUT2D eigenvalue weighted by Gasteiger charge is -1.88. The first kappa shape index (κ1) is 7.97. The van der Waals surface area contributed by atoms with Crippen molar-refractivity contribution in [2.24, 2.45) is 7.05 Å². The summed E-state index contributed by atoms with van der Waals surface area (Å²) in [5.41, 5.74) is 2.11. The van der Waals surface area contributed by atoms with Crippen LogP contribution in [0.2, 0.25) is 0 Å². The van der Waals surface area contributed by atoms with Gasteiger partial charge in [-0.2, -0.15) is 14.7 Å². The number of carbonyl (C=O) groups excluding carboxylic acids is 1. The van der Waals surface area contributed by atoms with E-state index in [9.17, 15) is 4.79 Å². The molecule has 0 N–H and O–H groups in total. The van der Waals surface area contributed by atoms with E-state index in [0.717, 1.165) is 23.5 Å². The fourth-order valence-electron chi connectivity index (χ4n) is 1.51. The van der Waals surface area contributed by atoms with Gasteiger partial charge in [0.05, 0.1) is 11.3 Å². The van der Waals surface area contributed by atoms with Crippen LogP contribution in [0.25, 0.3) is 5.65 Å². The first-order chi connectivity index (χ1) is 6.15. The van der Waals surface area contributed by atoms with Crippen molar-refractivity contribution in [3.63, 3.8) is 0 Å². The molecule has 0 aliphatic carbocycles.